The Morgan fingerprint density at radius 3 is 2.57 bits per heavy atom. The topological polar surface area (TPSA) is 87.7 Å². The fourth-order valence-electron chi connectivity index (χ4n) is 2.04. The smallest absolute Gasteiger partial charge is 0.313 e. The number of para-hydroxylation sites is 1. The summed E-state index contributed by atoms with van der Waals surface area (Å²) in [7, 11) is 1.44. The maximum absolute atomic E-state index is 11.8. The zero-order chi connectivity index (χ0) is 16.8. The molecular formula is C17H18N2O4. The predicted octanol–water partition coefficient (Wildman–Crippen LogP) is 1.96. The van der Waals surface area contributed by atoms with E-state index < -0.39 is 11.8 Å². The highest BCUT2D eigenvalue weighted by atomic mass is 16.5. The number of ether oxygens (including phenoxy) is 1. The van der Waals surface area contributed by atoms with Crippen molar-refractivity contribution in [1.82, 2.24) is 5.32 Å². The largest absolute Gasteiger partial charge is 0.504 e. The number of hydrogen-bond donors (Lipinski definition) is 3. The molecule has 0 heterocycles. The summed E-state index contributed by atoms with van der Waals surface area (Å²) in [5.74, 6) is -1.30. The van der Waals surface area contributed by atoms with Crippen molar-refractivity contribution in [3.05, 3.63) is 53.6 Å². The van der Waals surface area contributed by atoms with Gasteiger partial charge in [0.15, 0.2) is 11.5 Å². The lowest BCUT2D eigenvalue weighted by Gasteiger charge is -2.10. The van der Waals surface area contributed by atoms with Crippen molar-refractivity contribution in [2.45, 2.75) is 13.5 Å². The highest BCUT2D eigenvalue weighted by molar-refractivity contribution is 6.39. The van der Waals surface area contributed by atoms with E-state index in [4.69, 9.17) is 4.74 Å². The summed E-state index contributed by atoms with van der Waals surface area (Å²) in [6.07, 6.45) is 0. The van der Waals surface area contributed by atoms with Crippen molar-refractivity contribution in [2.75, 3.05) is 12.4 Å². The number of aryl methyl sites for hydroxylation is 1. The van der Waals surface area contributed by atoms with Gasteiger partial charge in [0.2, 0.25) is 0 Å². The third-order valence-electron chi connectivity index (χ3n) is 3.22. The first kappa shape index (κ1) is 16.4. The van der Waals surface area contributed by atoms with Crippen LogP contribution >= 0.6 is 0 Å². The number of phenols is 1. The van der Waals surface area contributed by atoms with E-state index in [-0.39, 0.29) is 12.3 Å². The number of carbonyl (C=O) groups is 2. The van der Waals surface area contributed by atoms with Gasteiger partial charge in [-0.1, -0.05) is 24.3 Å². The molecule has 0 aliphatic carbocycles. The molecule has 0 bridgehead atoms. The molecule has 0 aromatic heterocycles. The first-order valence-electron chi connectivity index (χ1n) is 7.02. The lowest BCUT2D eigenvalue weighted by atomic mass is 10.2. The second-order valence-electron chi connectivity index (χ2n) is 4.97. The van der Waals surface area contributed by atoms with Crippen molar-refractivity contribution in [3.63, 3.8) is 0 Å². The van der Waals surface area contributed by atoms with E-state index >= 15 is 0 Å². The van der Waals surface area contributed by atoms with Crippen LogP contribution in [0.3, 0.4) is 0 Å². The molecule has 120 valence electrons. The van der Waals surface area contributed by atoms with E-state index in [2.05, 4.69) is 10.6 Å². The maximum Gasteiger partial charge on any atom is 0.313 e. The first-order valence-corrected chi connectivity index (χ1v) is 7.02. The average molecular weight is 314 g/mol. The molecule has 23 heavy (non-hydrogen) atoms. The van der Waals surface area contributed by atoms with Gasteiger partial charge in [-0.25, -0.2) is 0 Å². The molecule has 0 atom stereocenters. The quantitative estimate of drug-likeness (QED) is 0.753. The highest BCUT2D eigenvalue weighted by Crippen LogP contribution is 2.29. The van der Waals surface area contributed by atoms with Crippen LogP contribution in [-0.4, -0.2) is 24.0 Å². The van der Waals surface area contributed by atoms with Crippen molar-refractivity contribution in [3.8, 4) is 11.5 Å². The summed E-state index contributed by atoms with van der Waals surface area (Å²) in [4.78, 5) is 23.7. The van der Waals surface area contributed by atoms with Gasteiger partial charge in [-0.3, -0.25) is 9.59 Å². The van der Waals surface area contributed by atoms with Gasteiger partial charge >= 0.3 is 11.8 Å². The van der Waals surface area contributed by atoms with Crippen LogP contribution in [0.4, 0.5) is 5.69 Å². The monoisotopic (exact) mass is 314 g/mol. The molecule has 0 fully saturated rings. The number of hydrogen-bond acceptors (Lipinski definition) is 4. The fourth-order valence-corrected chi connectivity index (χ4v) is 2.04. The van der Waals surface area contributed by atoms with Gasteiger partial charge in [0, 0.05) is 17.8 Å². The molecule has 0 spiro atoms. The number of nitrogens with one attached hydrogen (secondary N) is 2. The summed E-state index contributed by atoms with van der Waals surface area (Å²) in [5, 5.41) is 14.9. The minimum absolute atomic E-state index is 0.0170. The lowest BCUT2D eigenvalue weighted by molar-refractivity contribution is -0.136. The van der Waals surface area contributed by atoms with E-state index in [9.17, 15) is 14.7 Å². The number of rotatable bonds is 4. The molecule has 2 aromatic carbocycles. The Bertz CT molecular complexity index is 728. The Labute approximate surface area is 134 Å². The van der Waals surface area contributed by atoms with Crippen LogP contribution in [0.15, 0.2) is 42.5 Å². The van der Waals surface area contributed by atoms with Gasteiger partial charge in [-0.2, -0.15) is 0 Å². The number of aromatic hydroxyl groups is 1. The third-order valence-corrected chi connectivity index (χ3v) is 3.22. The number of carbonyl (C=O) groups excluding carboxylic acids is 2. The SMILES string of the molecule is COc1cccc(CNC(=O)C(=O)Nc2cccc(C)c2)c1O. The number of benzene rings is 2. The summed E-state index contributed by atoms with van der Waals surface area (Å²) in [5.41, 5.74) is 1.99. The van der Waals surface area contributed by atoms with Crippen molar-refractivity contribution in [2.24, 2.45) is 0 Å². The molecular weight excluding hydrogens is 296 g/mol. The molecule has 2 aromatic rings. The highest BCUT2D eigenvalue weighted by Gasteiger charge is 2.15. The predicted molar refractivity (Wildman–Crippen MR) is 86.3 cm³/mol. The molecule has 0 unspecified atom stereocenters. The second-order valence-corrected chi connectivity index (χ2v) is 4.97. The molecule has 0 saturated heterocycles. The van der Waals surface area contributed by atoms with E-state index in [1.54, 1.807) is 36.4 Å². The number of amides is 2. The Hall–Kier alpha value is -3.02. The zero-order valence-corrected chi connectivity index (χ0v) is 12.9. The number of methoxy groups -OCH3 is 1. The van der Waals surface area contributed by atoms with Crippen LogP contribution in [0.1, 0.15) is 11.1 Å². The van der Waals surface area contributed by atoms with Crippen LogP contribution in [0.2, 0.25) is 0 Å². The molecule has 0 radical (unpaired) electrons. The number of phenolic OH excluding ortho intramolecular Hbond substituents is 1. The Balaban J connectivity index is 1.95. The Morgan fingerprint density at radius 2 is 1.87 bits per heavy atom. The lowest BCUT2D eigenvalue weighted by Crippen LogP contribution is -2.35. The molecule has 0 aliphatic rings. The summed E-state index contributed by atoms with van der Waals surface area (Å²) >= 11 is 0. The normalized spacial score (nSPS) is 10.0. The molecule has 6 heteroatoms. The van der Waals surface area contributed by atoms with Crippen LogP contribution in [-0.2, 0) is 16.1 Å². The van der Waals surface area contributed by atoms with E-state index in [1.165, 1.54) is 7.11 Å². The van der Waals surface area contributed by atoms with Crippen molar-refractivity contribution < 1.29 is 19.4 Å². The number of anilines is 1. The average Bonchev–Trinajstić information content (AvgIpc) is 2.53. The third kappa shape index (κ3) is 4.23. The van der Waals surface area contributed by atoms with Gasteiger partial charge in [-0.15, -0.1) is 0 Å². The van der Waals surface area contributed by atoms with Crippen LogP contribution < -0.4 is 15.4 Å². The van der Waals surface area contributed by atoms with Gasteiger partial charge in [0.25, 0.3) is 0 Å². The van der Waals surface area contributed by atoms with Gasteiger partial charge in [0.1, 0.15) is 0 Å². The second kappa shape index (κ2) is 7.31. The van der Waals surface area contributed by atoms with E-state index in [0.29, 0.717) is 17.0 Å². The van der Waals surface area contributed by atoms with Crippen molar-refractivity contribution in [1.29, 1.82) is 0 Å². The van der Waals surface area contributed by atoms with Crippen LogP contribution in [0.5, 0.6) is 11.5 Å². The molecule has 2 rings (SSSR count). The summed E-state index contributed by atoms with van der Waals surface area (Å²) < 4.78 is 4.99. The minimum Gasteiger partial charge on any atom is -0.504 e. The molecule has 2 amide bonds. The Morgan fingerprint density at radius 1 is 1.13 bits per heavy atom. The van der Waals surface area contributed by atoms with E-state index in [1.807, 2.05) is 13.0 Å². The molecule has 0 saturated carbocycles. The van der Waals surface area contributed by atoms with Crippen LogP contribution in [0.25, 0.3) is 0 Å². The molecule has 0 aliphatic heterocycles. The summed E-state index contributed by atoms with van der Waals surface area (Å²) in [6, 6.07) is 12.1. The zero-order valence-electron chi connectivity index (χ0n) is 12.9. The maximum atomic E-state index is 11.8. The standard InChI is InChI=1S/C17H18N2O4/c1-11-5-3-7-13(9-11)19-17(22)16(21)18-10-12-6-4-8-14(23-2)15(12)20/h3-9,20H,10H2,1-2H3,(H,18,21)(H,19,22). The van der Waals surface area contributed by atoms with Gasteiger partial charge < -0.3 is 20.5 Å². The Kier molecular flexibility index (Phi) is 5.19. The molecule has 3 N–H and O–H groups in total. The minimum atomic E-state index is -0.784. The molecule has 6 nitrogen and oxygen atoms in total. The van der Waals surface area contributed by atoms with Gasteiger partial charge in [-0.05, 0) is 30.7 Å². The van der Waals surface area contributed by atoms with Gasteiger partial charge in [0.05, 0.1) is 7.11 Å². The first-order chi connectivity index (χ1) is 11.0. The fraction of sp³-hybridized carbons (Fsp3) is 0.176. The summed E-state index contributed by atoms with van der Waals surface area (Å²) in [6.45, 7) is 1.91. The van der Waals surface area contributed by atoms with Crippen molar-refractivity contribution >= 4 is 17.5 Å². The van der Waals surface area contributed by atoms with Crippen LogP contribution in [0, 0.1) is 6.92 Å². The van der Waals surface area contributed by atoms with E-state index in [0.717, 1.165) is 5.56 Å².